The Kier molecular flexibility index (Phi) is 3.93. The Hall–Kier alpha value is -1.85. The lowest BCUT2D eigenvalue weighted by Gasteiger charge is -2.29. The van der Waals surface area contributed by atoms with E-state index in [1.54, 1.807) is 6.20 Å². The van der Waals surface area contributed by atoms with Crippen molar-refractivity contribution in [3.05, 3.63) is 35.7 Å². The molecule has 2 aromatic heterocycles. The molecule has 0 radical (unpaired) electrons. The Morgan fingerprint density at radius 2 is 1.91 bits per heavy atom. The van der Waals surface area contributed by atoms with E-state index >= 15 is 0 Å². The van der Waals surface area contributed by atoms with Crippen LogP contribution in [0.3, 0.4) is 0 Å². The van der Waals surface area contributed by atoms with Crippen LogP contribution in [0.25, 0.3) is 11.4 Å². The minimum Gasteiger partial charge on any atom is -0.273 e. The van der Waals surface area contributed by atoms with E-state index in [0.717, 1.165) is 18.1 Å². The monoisotopic (exact) mass is 309 g/mol. The van der Waals surface area contributed by atoms with Crippen LogP contribution in [0, 0.1) is 5.92 Å². The summed E-state index contributed by atoms with van der Waals surface area (Å²) in [5, 5.41) is 5.79. The highest BCUT2D eigenvalue weighted by Crippen LogP contribution is 2.38. The van der Waals surface area contributed by atoms with Crippen LogP contribution in [0.1, 0.15) is 49.8 Å². The maximum absolute atomic E-state index is 12.6. The molecule has 3 rings (SSSR count). The van der Waals surface area contributed by atoms with E-state index in [-0.39, 0.29) is 5.69 Å². The highest BCUT2D eigenvalue weighted by Gasteiger charge is 2.33. The number of H-pyrrole nitrogens is 1. The number of nitrogens with zero attached hydrogens (tertiary/aromatic N) is 2. The molecule has 0 amide bonds. The summed E-state index contributed by atoms with van der Waals surface area (Å²) in [5.74, 6) is 1.05. The molecule has 1 aliphatic carbocycles. The van der Waals surface area contributed by atoms with Crippen molar-refractivity contribution in [2.45, 2.75) is 44.7 Å². The van der Waals surface area contributed by atoms with E-state index in [2.05, 4.69) is 17.0 Å². The fourth-order valence-corrected chi connectivity index (χ4v) is 3.23. The molecule has 0 bridgehead atoms. The van der Waals surface area contributed by atoms with Crippen molar-refractivity contribution in [3.63, 3.8) is 0 Å². The van der Waals surface area contributed by atoms with Gasteiger partial charge in [0.05, 0.1) is 5.69 Å². The second kappa shape index (κ2) is 5.74. The fraction of sp³-hybridized carbons (Fsp3) is 0.500. The van der Waals surface area contributed by atoms with Gasteiger partial charge in [-0.2, -0.15) is 18.3 Å². The number of aromatic nitrogens is 3. The highest BCUT2D eigenvalue weighted by atomic mass is 19.4. The second-order valence-electron chi connectivity index (χ2n) is 6.01. The van der Waals surface area contributed by atoms with E-state index in [1.807, 2.05) is 17.2 Å². The van der Waals surface area contributed by atoms with Crippen molar-refractivity contribution in [1.82, 2.24) is 15.2 Å². The first-order chi connectivity index (χ1) is 10.4. The summed E-state index contributed by atoms with van der Waals surface area (Å²) in [6.45, 7) is 2.24. The molecule has 1 aliphatic rings. The topological polar surface area (TPSA) is 41.6 Å². The summed E-state index contributed by atoms with van der Waals surface area (Å²) in [6, 6.07) is 4.85. The van der Waals surface area contributed by atoms with Crippen molar-refractivity contribution in [2.75, 3.05) is 0 Å². The first-order valence-corrected chi connectivity index (χ1v) is 7.54. The molecule has 2 atom stereocenters. The molecule has 0 aliphatic heterocycles. The standard InChI is InChI=1S/C16H18F3N3/c1-10-4-2-3-5-12(10)11-6-7-20-13(8-11)14-9-15(22-21-14)16(17,18)19/h6-10,12H,2-5H2,1H3,(H,21,22). The molecule has 6 heteroatoms. The molecule has 1 N–H and O–H groups in total. The van der Waals surface area contributed by atoms with Gasteiger partial charge in [-0.15, -0.1) is 0 Å². The van der Waals surface area contributed by atoms with E-state index in [1.165, 1.54) is 19.3 Å². The van der Waals surface area contributed by atoms with Crippen molar-refractivity contribution < 1.29 is 13.2 Å². The van der Waals surface area contributed by atoms with Gasteiger partial charge in [0, 0.05) is 6.20 Å². The average molecular weight is 309 g/mol. The zero-order valence-corrected chi connectivity index (χ0v) is 12.3. The van der Waals surface area contributed by atoms with Crippen LogP contribution in [-0.4, -0.2) is 15.2 Å². The van der Waals surface area contributed by atoms with Crippen molar-refractivity contribution in [2.24, 2.45) is 5.92 Å². The number of hydrogen-bond donors (Lipinski definition) is 1. The summed E-state index contributed by atoms with van der Waals surface area (Å²) < 4.78 is 37.9. The number of nitrogens with one attached hydrogen (secondary N) is 1. The third kappa shape index (κ3) is 3.00. The molecule has 0 spiro atoms. The van der Waals surface area contributed by atoms with Crippen LogP contribution < -0.4 is 0 Å². The number of pyridine rings is 1. The smallest absolute Gasteiger partial charge is 0.273 e. The SMILES string of the molecule is CC1CCCCC1c1ccnc(-c2cc(C(F)(F)F)[nH]n2)c1. The summed E-state index contributed by atoms with van der Waals surface area (Å²) in [7, 11) is 0. The quantitative estimate of drug-likeness (QED) is 0.867. The van der Waals surface area contributed by atoms with Crippen LogP contribution in [0.15, 0.2) is 24.4 Å². The molecular formula is C16H18F3N3. The number of aromatic amines is 1. The van der Waals surface area contributed by atoms with Gasteiger partial charge in [0.2, 0.25) is 0 Å². The van der Waals surface area contributed by atoms with Crippen LogP contribution in [-0.2, 0) is 6.18 Å². The van der Waals surface area contributed by atoms with Gasteiger partial charge >= 0.3 is 6.18 Å². The van der Waals surface area contributed by atoms with E-state index < -0.39 is 11.9 Å². The maximum atomic E-state index is 12.6. The van der Waals surface area contributed by atoms with E-state index in [9.17, 15) is 13.2 Å². The molecule has 2 heterocycles. The molecule has 2 aromatic rings. The van der Waals surface area contributed by atoms with Crippen molar-refractivity contribution in [1.29, 1.82) is 0 Å². The zero-order valence-electron chi connectivity index (χ0n) is 12.3. The van der Waals surface area contributed by atoms with Crippen LogP contribution in [0.4, 0.5) is 13.2 Å². The van der Waals surface area contributed by atoms with Crippen molar-refractivity contribution >= 4 is 0 Å². The Bertz CT molecular complexity index is 648. The van der Waals surface area contributed by atoms with E-state index in [0.29, 0.717) is 17.5 Å². The summed E-state index contributed by atoms with van der Waals surface area (Å²) in [4.78, 5) is 4.18. The minimum atomic E-state index is -4.42. The van der Waals surface area contributed by atoms with Gasteiger partial charge in [0.1, 0.15) is 11.4 Å². The zero-order chi connectivity index (χ0) is 15.7. The Morgan fingerprint density at radius 1 is 1.14 bits per heavy atom. The van der Waals surface area contributed by atoms with Crippen LogP contribution in [0.2, 0.25) is 0 Å². The number of halogens is 3. The highest BCUT2D eigenvalue weighted by molar-refractivity contribution is 5.55. The minimum absolute atomic E-state index is 0.234. The van der Waals surface area contributed by atoms with Gasteiger partial charge in [-0.3, -0.25) is 10.1 Å². The molecule has 1 fully saturated rings. The third-order valence-electron chi connectivity index (χ3n) is 4.47. The predicted molar refractivity (Wildman–Crippen MR) is 77.2 cm³/mol. The Balaban J connectivity index is 1.89. The number of hydrogen-bond acceptors (Lipinski definition) is 2. The molecule has 0 saturated heterocycles. The summed E-state index contributed by atoms with van der Waals surface area (Å²) in [5.41, 5.74) is 1.02. The lowest BCUT2D eigenvalue weighted by Crippen LogP contribution is -2.14. The second-order valence-corrected chi connectivity index (χ2v) is 6.01. The largest absolute Gasteiger partial charge is 0.432 e. The van der Waals surface area contributed by atoms with Crippen molar-refractivity contribution in [3.8, 4) is 11.4 Å². The third-order valence-corrected chi connectivity index (χ3v) is 4.47. The first-order valence-electron chi connectivity index (χ1n) is 7.54. The lowest BCUT2D eigenvalue weighted by atomic mass is 9.76. The van der Waals surface area contributed by atoms with Gasteiger partial charge in [-0.1, -0.05) is 26.2 Å². The van der Waals surface area contributed by atoms with Gasteiger partial charge in [0.25, 0.3) is 0 Å². The lowest BCUT2D eigenvalue weighted by molar-refractivity contribution is -0.141. The molecule has 1 saturated carbocycles. The molecule has 22 heavy (non-hydrogen) atoms. The first kappa shape index (κ1) is 15.1. The average Bonchev–Trinajstić information content (AvgIpc) is 2.98. The molecule has 3 nitrogen and oxygen atoms in total. The van der Waals surface area contributed by atoms with Gasteiger partial charge < -0.3 is 0 Å². The van der Waals surface area contributed by atoms with Gasteiger partial charge in [0.15, 0.2) is 0 Å². The number of alkyl halides is 3. The van der Waals surface area contributed by atoms with E-state index in [4.69, 9.17) is 0 Å². The van der Waals surface area contributed by atoms with Crippen LogP contribution in [0.5, 0.6) is 0 Å². The molecular weight excluding hydrogens is 291 g/mol. The fourth-order valence-electron chi connectivity index (χ4n) is 3.23. The van der Waals surface area contributed by atoms with Gasteiger partial charge in [-0.05, 0) is 42.0 Å². The normalized spacial score (nSPS) is 22.7. The Morgan fingerprint density at radius 3 is 2.59 bits per heavy atom. The molecule has 2 unspecified atom stereocenters. The number of rotatable bonds is 2. The maximum Gasteiger partial charge on any atom is 0.432 e. The molecule has 0 aromatic carbocycles. The Labute approximate surface area is 127 Å². The van der Waals surface area contributed by atoms with Gasteiger partial charge in [-0.25, -0.2) is 0 Å². The molecule has 118 valence electrons. The summed E-state index contributed by atoms with van der Waals surface area (Å²) >= 11 is 0. The summed E-state index contributed by atoms with van der Waals surface area (Å²) in [6.07, 6.45) is 2.02. The van der Waals surface area contributed by atoms with Crippen LogP contribution >= 0.6 is 0 Å². The predicted octanol–water partition coefficient (Wildman–Crippen LogP) is 4.78.